The highest BCUT2D eigenvalue weighted by Gasteiger charge is 2.09. The molecule has 0 heterocycles. The summed E-state index contributed by atoms with van der Waals surface area (Å²) in [5.41, 5.74) is 1.59. The summed E-state index contributed by atoms with van der Waals surface area (Å²) in [4.78, 5) is 12.4. The zero-order valence-electron chi connectivity index (χ0n) is 13.1. The maximum absolute atomic E-state index is 12.4. The van der Waals surface area contributed by atoms with Crippen molar-refractivity contribution in [2.45, 2.75) is 6.61 Å². The second kappa shape index (κ2) is 6.17. The molecule has 0 aliphatic carbocycles. The van der Waals surface area contributed by atoms with E-state index in [2.05, 4.69) is 18.2 Å². The van der Waals surface area contributed by atoms with Crippen molar-refractivity contribution in [2.75, 3.05) is 0 Å². The summed E-state index contributed by atoms with van der Waals surface area (Å²) < 4.78 is 5.53. The number of esters is 1. The summed E-state index contributed by atoms with van der Waals surface area (Å²) in [6, 6.07) is 27.8. The SMILES string of the molecule is O=C(OCc1cccc2ccccc12)c1ccc2ccccc2c1. The minimum atomic E-state index is -0.298. The monoisotopic (exact) mass is 312 g/mol. The lowest BCUT2D eigenvalue weighted by molar-refractivity contribution is 0.0474. The number of benzene rings is 4. The summed E-state index contributed by atoms with van der Waals surface area (Å²) in [5, 5.41) is 4.42. The van der Waals surface area contributed by atoms with Gasteiger partial charge in [0.25, 0.3) is 0 Å². The van der Waals surface area contributed by atoms with Gasteiger partial charge in [0.15, 0.2) is 0 Å². The van der Waals surface area contributed by atoms with Crippen LogP contribution in [0.5, 0.6) is 0 Å². The summed E-state index contributed by atoms with van der Waals surface area (Å²) in [6.07, 6.45) is 0. The van der Waals surface area contributed by atoms with E-state index >= 15 is 0 Å². The predicted octanol–water partition coefficient (Wildman–Crippen LogP) is 5.35. The molecule has 0 spiro atoms. The van der Waals surface area contributed by atoms with E-state index < -0.39 is 0 Å². The molecule has 4 rings (SSSR count). The van der Waals surface area contributed by atoms with Gasteiger partial charge in [0.05, 0.1) is 5.56 Å². The van der Waals surface area contributed by atoms with Crippen LogP contribution in [0.4, 0.5) is 0 Å². The number of hydrogen-bond donors (Lipinski definition) is 0. The highest BCUT2D eigenvalue weighted by molar-refractivity contribution is 5.95. The van der Waals surface area contributed by atoms with E-state index in [1.54, 1.807) is 0 Å². The van der Waals surface area contributed by atoms with Crippen molar-refractivity contribution in [3.63, 3.8) is 0 Å². The van der Waals surface area contributed by atoms with Crippen LogP contribution in [0.15, 0.2) is 84.9 Å². The summed E-state index contributed by atoms with van der Waals surface area (Å²) >= 11 is 0. The van der Waals surface area contributed by atoms with Gasteiger partial charge < -0.3 is 4.74 Å². The minimum Gasteiger partial charge on any atom is -0.457 e. The van der Waals surface area contributed by atoms with Crippen molar-refractivity contribution in [1.29, 1.82) is 0 Å². The van der Waals surface area contributed by atoms with E-state index in [0.717, 1.165) is 27.1 Å². The van der Waals surface area contributed by atoms with Crippen molar-refractivity contribution in [3.8, 4) is 0 Å². The van der Waals surface area contributed by atoms with Crippen LogP contribution in [-0.4, -0.2) is 5.97 Å². The molecule has 0 fully saturated rings. The molecule has 4 aromatic carbocycles. The van der Waals surface area contributed by atoms with Crippen LogP contribution >= 0.6 is 0 Å². The molecule has 0 aromatic heterocycles. The van der Waals surface area contributed by atoms with Crippen molar-refractivity contribution in [3.05, 3.63) is 96.1 Å². The van der Waals surface area contributed by atoms with Crippen LogP contribution in [0.3, 0.4) is 0 Å². The van der Waals surface area contributed by atoms with Gasteiger partial charge in [0, 0.05) is 0 Å². The van der Waals surface area contributed by atoms with Crippen LogP contribution in [0.25, 0.3) is 21.5 Å². The van der Waals surface area contributed by atoms with Gasteiger partial charge >= 0.3 is 5.97 Å². The molecule has 0 aliphatic heterocycles. The maximum atomic E-state index is 12.4. The van der Waals surface area contributed by atoms with Gasteiger partial charge in [-0.2, -0.15) is 0 Å². The molecule has 2 nitrogen and oxygen atoms in total. The Morgan fingerprint density at radius 1 is 0.708 bits per heavy atom. The first kappa shape index (κ1) is 14.5. The molecule has 0 atom stereocenters. The predicted molar refractivity (Wildman–Crippen MR) is 97.0 cm³/mol. The minimum absolute atomic E-state index is 0.271. The second-order valence-corrected chi connectivity index (χ2v) is 5.78. The average Bonchev–Trinajstić information content (AvgIpc) is 2.65. The first-order chi connectivity index (χ1) is 11.8. The third kappa shape index (κ3) is 2.74. The number of carbonyl (C=O) groups excluding carboxylic acids is 1. The Labute approximate surface area is 140 Å². The lowest BCUT2D eigenvalue weighted by Crippen LogP contribution is -2.05. The average molecular weight is 312 g/mol. The van der Waals surface area contributed by atoms with Crippen LogP contribution in [-0.2, 0) is 11.3 Å². The smallest absolute Gasteiger partial charge is 0.338 e. The molecule has 0 saturated heterocycles. The van der Waals surface area contributed by atoms with E-state index in [9.17, 15) is 4.79 Å². The van der Waals surface area contributed by atoms with Crippen molar-refractivity contribution in [2.24, 2.45) is 0 Å². The molecule has 0 radical (unpaired) electrons. The zero-order chi connectivity index (χ0) is 16.4. The molecule has 0 N–H and O–H groups in total. The molecular weight excluding hydrogens is 296 g/mol. The van der Waals surface area contributed by atoms with Crippen LogP contribution in [0.1, 0.15) is 15.9 Å². The van der Waals surface area contributed by atoms with Gasteiger partial charge in [-0.25, -0.2) is 4.79 Å². The number of hydrogen-bond acceptors (Lipinski definition) is 2. The summed E-state index contributed by atoms with van der Waals surface area (Å²) in [7, 11) is 0. The third-order valence-electron chi connectivity index (χ3n) is 4.22. The van der Waals surface area contributed by atoms with Crippen LogP contribution < -0.4 is 0 Å². The number of rotatable bonds is 3. The van der Waals surface area contributed by atoms with Crippen LogP contribution in [0, 0.1) is 0 Å². The normalized spacial score (nSPS) is 10.8. The lowest BCUT2D eigenvalue weighted by atomic mass is 10.1. The topological polar surface area (TPSA) is 26.3 Å². The van der Waals surface area contributed by atoms with E-state index in [4.69, 9.17) is 4.74 Å². The largest absolute Gasteiger partial charge is 0.457 e. The van der Waals surface area contributed by atoms with Gasteiger partial charge in [0.2, 0.25) is 0 Å². The molecule has 0 bridgehead atoms. The Balaban J connectivity index is 1.57. The zero-order valence-corrected chi connectivity index (χ0v) is 13.1. The molecule has 0 aliphatic rings. The molecule has 0 unspecified atom stereocenters. The first-order valence-corrected chi connectivity index (χ1v) is 7.94. The Morgan fingerprint density at radius 2 is 1.42 bits per heavy atom. The molecule has 0 amide bonds. The Kier molecular flexibility index (Phi) is 3.72. The fraction of sp³-hybridized carbons (Fsp3) is 0.0455. The van der Waals surface area contributed by atoms with Crippen molar-refractivity contribution >= 4 is 27.5 Å². The molecule has 116 valence electrons. The van der Waals surface area contributed by atoms with E-state index in [0.29, 0.717) is 5.56 Å². The van der Waals surface area contributed by atoms with E-state index in [1.807, 2.05) is 66.7 Å². The maximum Gasteiger partial charge on any atom is 0.338 e. The van der Waals surface area contributed by atoms with E-state index in [1.165, 1.54) is 0 Å². The van der Waals surface area contributed by atoms with Crippen molar-refractivity contribution < 1.29 is 9.53 Å². The summed E-state index contributed by atoms with van der Waals surface area (Å²) in [6.45, 7) is 0.271. The number of carbonyl (C=O) groups is 1. The quantitative estimate of drug-likeness (QED) is 0.477. The number of ether oxygens (including phenoxy) is 1. The molecule has 24 heavy (non-hydrogen) atoms. The van der Waals surface area contributed by atoms with Gasteiger partial charge in [-0.15, -0.1) is 0 Å². The van der Waals surface area contributed by atoms with E-state index in [-0.39, 0.29) is 12.6 Å². The van der Waals surface area contributed by atoms with Gasteiger partial charge in [-0.05, 0) is 39.2 Å². The molecule has 2 heteroatoms. The van der Waals surface area contributed by atoms with Crippen molar-refractivity contribution in [1.82, 2.24) is 0 Å². The lowest BCUT2D eigenvalue weighted by Gasteiger charge is -2.08. The molecule has 0 saturated carbocycles. The Bertz CT molecular complexity index is 1030. The van der Waals surface area contributed by atoms with Gasteiger partial charge in [-0.1, -0.05) is 72.8 Å². The highest BCUT2D eigenvalue weighted by atomic mass is 16.5. The Morgan fingerprint density at radius 3 is 2.29 bits per heavy atom. The molecular formula is C22H16O2. The third-order valence-corrected chi connectivity index (χ3v) is 4.22. The second-order valence-electron chi connectivity index (χ2n) is 5.78. The van der Waals surface area contributed by atoms with Gasteiger partial charge in [-0.3, -0.25) is 0 Å². The van der Waals surface area contributed by atoms with Crippen LogP contribution in [0.2, 0.25) is 0 Å². The summed E-state index contributed by atoms with van der Waals surface area (Å²) in [5.74, 6) is -0.298. The Hall–Kier alpha value is -3.13. The fourth-order valence-corrected chi connectivity index (χ4v) is 2.96. The fourth-order valence-electron chi connectivity index (χ4n) is 2.96. The standard InChI is InChI=1S/C22H16O2/c23-22(19-13-12-16-6-1-2-8-18(16)14-19)24-15-20-10-5-9-17-7-3-4-11-21(17)20/h1-14H,15H2. The number of fused-ring (bicyclic) bond motifs is 2. The molecule has 4 aromatic rings. The first-order valence-electron chi connectivity index (χ1n) is 7.94. The highest BCUT2D eigenvalue weighted by Crippen LogP contribution is 2.20. The van der Waals surface area contributed by atoms with Gasteiger partial charge in [0.1, 0.15) is 6.61 Å².